The lowest BCUT2D eigenvalue weighted by molar-refractivity contribution is 0.623. The Balaban J connectivity index is 2.33. The lowest BCUT2D eigenvalue weighted by atomic mass is 10.2. The van der Waals surface area contributed by atoms with E-state index in [4.69, 9.17) is 5.73 Å². The molecule has 2 heterocycles. The minimum atomic E-state index is -0.294. The van der Waals surface area contributed by atoms with E-state index in [9.17, 15) is 4.39 Å². The molecule has 0 saturated heterocycles. The molecule has 1 aromatic carbocycles. The van der Waals surface area contributed by atoms with Crippen LogP contribution in [0.2, 0.25) is 0 Å². The quantitative estimate of drug-likeness (QED) is 0.766. The van der Waals surface area contributed by atoms with Gasteiger partial charge in [0.05, 0.1) is 16.1 Å². The van der Waals surface area contributed by atoms with Crippen molar-refractivity contribution in [3.05, 3.63) is 35.0 Å². The monoisotopic (exact) mass is 303 g/mol. The minimum absolute atomic E-state index is 0.177. The van der Waals surface area contributed by atoms with Crippen LogP contribution in [0, 0.1) is 5.82 Å². The molecule has 110 valence electrons. The van der Waals surface area contributed by atoms with E-state index < -0.39 is 0 Å². The highest BCUT2D eigenvalue weighted by Gasteiger charge is 2.20. The van der Waals surface area contributed by atoms with Crippen molar-refractivity contribution in [1.29, 1.82) is 0 Å². The number of halogens is 1. The van der Waals surface area contributed by atoms with E-state index in [0.717, 1.165) is 28.3 Å². The van der Waals surface area contributed by atoms with Gasteiger partial charge in [0, 0.05) is 10.9 Å². The zero-order chi connectivity index (χ0) is 15.1. The largest absolute Gasteiger partial charge is 0.390 e. The first-order valence-corrected chi connectivity index (χ1v) is 7.89. The van der Waals surface area contributed by atoms with Gasteiger partial charge in [-0.2, -0.15) is 0 Å². The standard InChI is InChI=1S/C16H18FN3S/c1-4-10-8-11(15(18)21-10)16-19-14-12(17)6-5-7-13(14)20(16)9(2)3/h5-9H,4,18H2,1-3H3. The molecule has 3 aromatic rings. The summed E-state index contributed by atoms with van der Waals surface area (Å²) in [7, 11) is 0. The predicted octanol–water partition coefficient (Wildman–Crippen LogP) is 4.63. The van der Waals surface area contributed by atoms with Crippen LogP contribution in [0.5, 0.6) is 0 Å². The maximum absolute atomic E-state index is 14.0. The molecule has 3 rings (SSSR count). The first-order valence-electron chi connectivity index (χ1n) is 7.08. The molecular formula is C16H18FN3S. The van der Waals surface area contributed by atoms with Crippen LogP contribution in [-0.2, 0) is 6.42 Å². The van der Waals surface area contributed by atoms with Crippen molar-refractivity contribution in [1.82, 2.24) is 9.55 Å². The van der Waals surface area contributed by atoms with Crippen LogP contribution in [0.4, 0.5) is 9.39 Å². The number of thiophene rings is 1. The van der Waals surface area contributed by atoms with Crippen LogP contribution in [-0.4, -0.2) is 9.55 Å². The molecule has 5 heteroatoms. The number of aromatic nitrogens is 2. The van der Waals surface area contributed by atoms with Crippen LogP contribution in [0.25, 0.3) is 22.4 Å². The van der Waals surface area contributed by atoms with E-state index in [2.05, 4.69) is 36.4 Å². The third kappa shape index (κ3) is 2.21. The van der Waals surface area contributed by atoms with Crippen molar-refractivity contribution in [2.75, 3.05) is 5.73 Å². The number of hydrogen-bond donors (Lipinski definition) is 1. The fourth-order valence-electron chi connectivity index (χ4n) is 2.60. The Bertz CT molecular complexity index is 801. The van der Waals surface area contributed by atoms with E-state index in [1.165, 1.54) is 10.9 Å². The number of fused-ring (bicyclic) bond motifs is 1. The Morgan fingerprint density at radius 2 is 2.14 bits per heavy atom. The van der Waals surface area contributed by atoms with Crippen molar-refractivity contribution < 1.29 is 4.39 Å². The number of benzene rings is 1. The van der Waals surface area contributed by atoms with Crippen molar-refractivity contribution in [3.8, 4) is 11.4 Å². The topological polar surface area (TPSA) is 43.8 Å². The number of hydrogen-bond acceptors (Lipinski definition) is 3. The van der Waals surface area contributed by atoms with Crippen LogP contribution in [0.15, 0.2) is 24.3 Å². The zero-order valence-electron chi connectivity index (χ0n) is 12.4. The predicted molar refractivity (Wildman–Crippen MR) is 87.2 cm³/mol. The number of para-hydroxylation sites is 1. The summed E-state index contributed by atoms with van der Waals surface area (Å²) in [5.74, 6) is 0.455. The number of nitrogen functional groups attached to an aromatic ring is 1. The highest BCUT2D eigenvalue weighted by atomic mass is 32.1. The third-order valence-corrected chi connectivity index (χ3v) is 4.70. The molecule has 0 aliphatic rings. The first-order chi connectivity index (χ1) is 10.0. The van der Waals surface area contributed by atoms with Gasteiger partial charge in [0.25, 0.3) is 0 Å². The second-order valence-corrected chi connectivity index (χ2v) is 6.52. The highest BCUT2D eigenvalue weighted by Crippen LogP contribution is 2.37. The van der Waals surface area contributed by atoms with Crippen molar-refractivity contribution >= 4 is 27.4 Å². The number of rotatable bonds is 3. The second kappa shape index (κ2) is 5.15. The second-order valence-electron chi connectivity index (χ2n) is 5.35. The number of imidazole rings is 1. The minimum Gasteiger partial charge on any atom is -0.390 e. The molecule has 3 nitrogen and oxygen atoms in total. The normalized spacial score (nSPS) is 11.7. The van der Waals surface area contributed by atoms with Gasteiger partial charge in [0.2, 0.25) is 0 Å². The van der Waals surface area contributed by atoms with Crippen LogP contribution in [0.3, 0.4) is 0 Å². The molecule has 0 spiro atoms. The van der Waals surface area contributed by atoms with Crippen LogP contribution < -0.4 is 5.73 Å². The lowest BCUT2D eigenvalue weighted by Gasteiger charge is -2.12. The zero-order valence-corrected chi connectivity index (χ0v) is 13.2. The summed E-state index contributed by atoms with van der Waals surface area (Å²) in [6.45, 7) is 6.23. The van der Waals surface area contributed by atoms with Gasteiger partial charge >= 0.3 is 0 Å². The number of anilines is 1. The Morgan fingerprint density at radius 3 is 2.76 bits per heavy atom. The molecule has 0 bridgehead atoms. The Morgan fingerprint density at radius 1 is 1.38 bits per heavy atom. The van der Waals surface area contributed by atoms with Gasteiger partial charge in [-0.25, -0.2) is 9.37 Å². The van der Waals surface area contributed by atoms with E-state index >= 15 is 0 Å². The molecule has 0 aliphatic heterocycles. The maximum Gasteiger partial charge on any atom is 0.151 e. The van der Waals surface area contributed by atoms with Crippen molar-refractivity contribution in [3.63, 3.8) is 0 Å². The molecule has 0 saturated carbocycles. The summed E-state index contributed by atoms with van der Waals surface area (Å²) >= 11 is 1.57. The SMILES string of the molecule is CCc1cc(-c2nc3c(F)cccc3n2C(C)C)c(N)s1. The Labute approximate surface area is 127 Å². The van der Waals surface area contributed by atoms with E-state index in [1.54, 1.807) is 17.4 Å². The fourth-order valence-corrected chi connectivity index (χ4v) is 3.47. The molecular weight excluding hydrogens is 285 g/mol. The summed E-state index contributed by atoms with van der Waals surface area (Å²) < 4.78 is 16.1. The molecule has 2 aromatic heterocycles. The molecule has 2 N–H and O–H groups in total. The van der Waals surface area contributed by atoms with Gasteiger partial charge in [-0.3, -0.25) is 0 Å². The van der Waals surface area contributed by atoms with Crippen LogP contribution >= 0.6 is 11.3 Å². The smallest absolute Gasteiger partial charge is 0.151 e. The van der Waals surface area contributed by atoms with Gasteiger partial charge in [0.1, 0.15) is 11.3 Å². The van der Waals surface area contributed by atoms with Gasteiger partial charge in [-0.05, 0) is 38.5 Å². The number of nitrogens with zero attached hydrogens (tertiary/aromatic N) is 2. The fraction of sp³-hybridized carbons (Fsp3) is 0.312. The van der Waals surface area contributed by atoms with E-state index in [0.29, 0.717) is 5.52 Å². The summed E-state index contributed by atoms with van der Waals surface area (Å²) in [5.41, 5.74) is 8.27. The van der Waals surface area contributed by atoms with Crippen molar-refractivity contribution in [2.45, 2.75) is 33.2 Å². The van der Waals surface area contributed by atoms with E-state index in [-0.39, 0.29) is 11.9 Å². The summed E-state index contributed by atoms with van der Waals surface area (Å²) in [6, 6.07) is 7.31. The summed E-state index contributed by atoms with van der Waals surface area (Å²) in [5, 5.41) is 0.740. The van der Waals surface area contributed by atoms with Crippen LogP contribution in [0.1, 0.15) is 31.7 Å². The molecule has 0 amide bonds. The average Bonchev–Trinajstić information content (AvgIpc) is 2.99. The molecule has 0 fully saturated rings. The molecule has 21 heavy (non-hydrogen) atoms. The number of aryl methyl sites for hydroxylation is 1. The number of nitrogens with two attached hydrogens (primary N) is 1. The highest BCUT2D eigenvalue weighted by molar-refractivity contribution is 7.16. The van der Waals surface area contributed by atoms with E-state index in [1.807, 2.05) is 6.07 Å². The maximum atomic E-state index is 14.0. The third-order valence-electron chi connectivity index (χ3n) is 3.59. The Kier molecular flexibility index (Phi) is 3.45. The van der Waals surface area contributed by atoms with Gasteiger partial charge in [0.15, 0.2) is 5.82 Å². The average molecular weight is 303 g/mol. The van der Waals surface area contributed by atoms with Gasteiger partial charge in [-0.15, -0.1) is 11.3 Å². The lowest BCUT2D eigenvalue weighted by Crippen LogP contribution is -2.03. The molecule has 0 unspecified atom stereocenters. The summed E-state index contributed by atoms with van der Waals surface area (Å²) in [4.78, 5) is 5.74. The molecule has 0 atom stereocenters. The Hall–Kier alpha value is -1.88. The summed E-state index contributed by atoms with van der Waals surface area (Å²) in [6.07, 6.45) is 0.936. The van der Waals surface area contributed by atoms with Crippen molar-refractivity contribution in [2.24, 2.45) is 0 Å². The first kappa shape index (κ1) is 14.1. The van der Waals surface area contributed by atoms with Gasteiger partial charge in [-0.1, -0.05) is 13.0 Å². The molecule has 0 aliphatic carbocycles. The molecule has 0 radical (unpaired) electrons. The van der Waals surface area contributed by atoms with Gasteiger partial charge < -0.3 is 10.3 Å².